The first-order chi connectivity index (χ1) is 6.36. The third kappa shape index (κ3) is 4.07. The lowest BCUT2D eigenvalue weighted by Crippen LogP contribution is -2.38. The van der Waals surface area contributed by atoms with E-state index in [1.807, 2.05) is 7.11 Å². The van der Waals surface area contributed by atoms with Crippen molar-refractivity contribution in [3.63, 3.8) is 0 Å². The van der Waals surface area contributed by atoms with Crippen molar-refractivity contribution in [2.24, 2.45) is 0 Å². The number of hydrogen-bond donors (Lipinski definition) is 1. The summed E-state index contributed by atoms with van der Waals surface area (Å²) < 4.78 is 10.3. The second-order valence-corrected chi connectivity index (χ2v) is 3.67. The van der Waals surface area contributed by atoms with Crippen LogP contribution in [-0.2, 0) is 9.47 Å². The summed E-state index contributed by atoms with van der Waals surface area (Å²) >= 11 is 0. The largest absolute Gasteiger partial charge is 0.383 e. The minimum absolute atomic E-state index is 0.466. The maximum absolute atomic E-state index is 5.36. The van der Waals surface area contributed by atoms with Crippen LogP contribution in [0.5, 0.6) is 0 Å². The summed E-state index contributed by atoms with van der Waals surface area (Å²) in [7, 11) is 3.54. The van der Waals surface area contributed by atoms with Crippen LogP contribution in [0.2, 0.25) is 0 Å². The summed E-state index contributed by atoms with van der Waals surface area (Å²) in [4.78, 5) is 0. The molecule has 1 saturated carbocycles. The molecule has 0 aromatic rings. The van der Waals surface area contributed by atoms with Crippen molar-refractivity contribution in [1.29, 1.82) is 0 Å². The Labute approximate surface area is 80.8 Å². The fourth-order valence-corrected chi connectivity index (χ4v) is 1.91. The smallest absolute Gasteiger partial charge is 0.0587 e. The van der Waals surface area contributed by atoms with Crippen molar-refractivity contribution >= 4 is 0 Å². The van der Waals surface area contributed by atoms with Gasteiger partial charge < -0.3 is 14.8 Å². The average molecular weight is 187 g/mol. The number of nitrogens with one attached hydrogen (secondary N) is 1. The molecule has 3 heteroatoms. The van der Waals surface area contributed by atoms with Crippen LogP contribution in [0, 0.1) is 0 Å². The van der Waals surface area contributed by atoms with Gasteiger partial charge in [-0.25, -0.2) is 0 Å². The normalized spacial score (nSPS) is 29.1. The molecule has 3 nitrogen and oxygen atoms in total. The predicted molar refractivity (Wildman–Crippen MR) is 52.9 cm³/mol. The van der Waals surface area contributed by atoms with Gasteiger partial charge in [0.25, 0.3) is 0 Å². The Morgan fingerprint density at radius 3 is 2.85 bits per heavy atom. The topological polar surface area (TPSA) is 30.5 Å². The highest BCUT2D eigenvalue weighted by molar-refractivity contribution is 4.77. The highest BCUT2D eigenvalue weighted by Crippen LogP contribution is 2.20. The molecule has 0 amide bonds. The van der Waals surface area contributed by atoms with E-state index in [9.17, 15) is 0 Å². The molecule has 0 spiro atoms. The maximum Gasteiger partial charge on any atom is 0.0587 e. The van der Waals surface area contributed by atoms with Gasteiger partial charge in [0.05, 0.1) is 12.7 Å². The summed E-state index contributed by atoms with van der Waals surface area (Å²) in [6.07, 6.45) is 5.40. The maximum atomic E-state index is 5.36. The van der Waals surface area contributed by atoms with Gasteiger partial charge in [-0.1, -0.05) is 0 Å². The fourth-order valence-electron chi connectivity index (χ4n) is 1.91. The first-order valence-electron chi connectivity index (χ1n) is 5.12. The Balaban J connectivity index is 2.11. The molecule has 2 unspecified atom stereocenters. The van der Waals surface area contributed by atoms with E-state index in [2.05, 4.69) is 5.32 Å². The third-order valence-electron chi connectivity index (χ3n) is 2.70. The molecule has 1 aliphatic carbocycles. The lowest BCUT2D eigenvalue weighted by molar-refractivity contribution is 0.0575. The Kier molecular flexibility index (Phi) is 5.35. The Bertz CT molecular complexity index is 130. The molecule has 1 rings (SSSR count). The average Bonchev–Trinajstić information content (AvgIpc) is 2.19. The lowest BCUT2D eigenvalue weighted by Gasteiger charge is -2.28. The molecule has 0 radical (unpaired) electrons. The van der Waals surface area contributed by atoms with Gasteiger partial charge in [-0.15, -0.1) is 0 Å². The van der Waals surface area contributed by atoms with Crippen molar-refractivity contribution in [3.05, 3.63) is 0 Å². The Hall–Kier alpha value is -0.120. The number of hydrogen-bond acceptors (Lipinski definition) is 3. The predicted octanol–water partition coefficient (Wildman–Crippen LogP) is 1.18. The van der Waals surface area contributed by atoms with Gasteiger partial charge in [-0.05, 0) is 25.7 Å². The van der Waals surface area contributed by atoms with Crippen molar-refractivity contribution in [1.82, 2.24) is 5.32 Å². The molecule has 0 bridgehead atoms. The summed E-state index contributed by atoms with van der Waals surface area (Å²) in [5.41, 5.74) is 0. The van der Waals surface area contributed by atoms with Crippen molar-refractivity contribution in [2.45, 2.75) is 37.8 Å². The van der Waals surface area contributed by atoms with E-state index in [-0.39, 0.29) is 0 Å². The van der Waals surface area contributed by atoms with Crippen LogP contribution in [0.3, 0.4) is 0 Å². The second-order valence-electron chi connectivity index (χ2n) is 3.67. The van der Waals surface area contributed by atoms with Crippen LogP contribution in [0.15, 0.2) is 0 Å². The highest BCUT2D eigenvalue weighted by Gasteiger charge is 2.20. The van der Waals surface area contributed by atoms with Gasteiger partial charge in [0.2, 0.25) is 0 Å². The zero-order valence-electron chi connectivity index (χ0n) is 8.71. The molecule has 0 saturated heterocycles. The highest BCUT2D eigenvalue weighted by atomic mass is 16.5. The van der Waals surface area contributed by atoms with Crippen molar-refractivity contribution < 1.29 is 9.47 Å². The van der Waals surface area contributed by atoms with E-state index >= 15 is 0 Å². The number of methoxy groups -OCH3 is 2. The summed E-state index contributed by atoms with van der Waals surface area (Å²) in [5, 5.41) is 3.48. The lowest BCUT2D eigenvalue weighted by atomic mass is 9.93. The molecule has 0 aliphatic heterocycles. The first-order valence-corrected chi connectivity index (χ1v) is 5.12. The van der Waals surface area contributed by atoms with Crippen molar-refractivity contribution in [2.75, 3.05) is 27.4 Å². The molecular weight excluding hydrogens is 166 g/mol. The fraction of sp³-hybridized carbons (Fsp3) is 1.00. The number of rotatable bonds is 5. The molecule has 13 heavy (non-hydrogen) atoms. The van der Waals surface area contributed by atoms with Crippen LogP contribution in [0.4, 0.5) is 0 Å². The molecular formula is C10H21NO2. The van der Waals surface area contributed by atoms with Gasteiger partial charge in [0.15, 0.2) is 0 Å². The van der Waals surface area contributed by atoms with Crippen LogP contribution in [-0.4, -0.2) is 39.5 Å². The molecule has 0 aromatic carbocycles. The van der Waals surface area contributed by atoms with E-state index in [1.54, 1.807) is 7.11 Å². The van der Waals surface area contributed by atoms with Crippen LogP contribution >= 0.6 is 0 Å². The van der Waals surface area contributed by atoms with E-state index in [0.29, 0.717) is 12.1 Å². The van der Waals surface area contributed by atoms with E-state index < -0.39 is 0 Å². The monoisotopic (exact) mass is 187 g/mol. The van der Waals surface area contributed by atoms with Crippen LogP contribution in [0.1, 0.15) is 25.7 Å². The molecule has 1 fully saturated rings. The summed E-state index contributed by atoms with van der Waals surface area (Å²) in [5.74, 6) is 0. The molecule has 1 N–H and O–H groups in total. The minimum Gasteiger partial charge on any atom is -0.383 e. The molecule has 1 aliphatic rings. The van der Waals surface area contributed by atoms with Gasteiger partial charge in [0, 0.05) is 26.8 Å². The summed E-state index contributed by atoms with van der Waals surface area (Å²) in [6.45, 7) is 1.76. The third-order valence-corrected chi connectivity index (χ3v) is 2.70. The van der Waals surface area contributed by atoms with Gasteiger partial charge in [-0.2, -0.15) is 0 Å². The second kappa shape index (κ2) is 6.35. The molecule has 0 aromatic heterocycles. The quantitative estimate of drug-likeness (QED) is 0.656. The van der Waals surface area contributed by atoms with Gasteiger partial charge in [0.1, 0.15) is 0 Å². The first kappa shape index (κ1) is 11.0. The molecule has 0 heterocycles. The van der Waals surface area contributed by atoms with Crippen LogP contribution < -0.4 is 5.32 Å². The van der Waals surface area contributed by atoms with Gasteiger partial charge >= 0.3 is 0 Å². The van der Waals surface area contributed by atoms with E-state index in [0.717, 1.165) is 19.6 Å². The van der Waals surface area contributed by atoms with Crippen LogP contribution in [0.25, 0.3) is 0 Å². The zero-order chi connectivity index (χ0) is 9.52. The minimum atomic E-state index is 0.466. The standard InChI is InChI=1S/C10H21NO2/c1-12-7-6-11-9-4-3-5-10(8-9)13-2/h9-11H,3-8H2,1-2H3. The number of ether oxygens (including phenoxy) is 2. The van der Waals surface area contributed by atoms with Crippen molar-refractivity contribution in [3.8, 4) is 0 Å². The van der Waals surface area contributed by atoms with E-state index in [4.69, 9.17) is 9.47 Å². The van der Waals surface area contributed by atoms with E-state index in [1.165, 1.54) is 19.3 Å². The zero-order valence-corrected chi connectivity index (χ0v) is 8.71. The van der Waals surface area contributed by atoms with Gasteiger partial charge in [-0.3, -0.25) is 0 Å². The molecule has 78 valence electrons. The summed E-state index contributed by atoms with van der Waals surface area (Å²) in [6, 6.07) is 0.633. The molecule has 2 atom stereocenters. The SMILES string of the molecule is COCCNC1CCCC(OC)C1. The Morgan fingerprint density at radius 1 is 1.31 bits per heavy atom. The Morgan fingerprint density at radius 2 is 2.15 bits per heavy atom.